The number of ketones is 2. The lowest BCUT2D eigenvalue weighted by Crippen LogP contribution is -2.57. The number of carbonyl (C=O) groups excluding carboxylic acids is 3. The monoisotopic (exact) mass is 458 g/mol. The number of ether oxygens (including phenoxy) is 1. The van der Waals surface area contributed by atoms with Gasteiger partial charge in [-0.05, 0) is 55.9 Å². The molecule has 2 N–H and O–H groups in total. The van der Waals surface area contributed by atoms with Gasteiger partial charge in [0.25, 0.3) is 0 Å². The number of carboxylic acids is 1. The fourth-order valence-electron chi connectivity index (χ4n) is 7.33. The van der Waals surface area contributed by atoms with E-state index in [9.17, 15) is 24.3 Å². The average molecular weight is 459 g/mol. The number of allylic oxidation sites excluding steroid dienone is 4. The molecule has 7 heteroatoms. The van der Waals surface area contributed by atoms with Crippen molar-refractivity contribution in [3.63, 3.8) is 0 Å². The Labute approximate surface area is 194 Å². The van der Waals surface area contributed by atoms with Gasteiger partial charge in [-0.15, -0.1) is 0 Å². The van der Waals surface area contributed by atoms with Gasteiger partial charge in [-0.3, -0.25) is 19.2 Å². The first-order chi connectivity index (χ1) is 15.4. The van der Waals surface area contributed by atoms with Crippen LogP contribution in [0.5, 0.6) is 0 Å². The van der Waals surface area contributed by atoms with Crippen LogP contribution in [0, 0.1) is 28.6 Å². The van der Waals surface area contributed by atoms with Gasteiger partial charge < -0.3 is 14.9 Å². The Hall–Kier alpha value is -2.28. The largest absolute Gasteiger partial charge is 0.481 e. The minimum absolute atomic E-state index is 0.119. The summed E-state index contributed by atoms with van der Waals surface area (Å²) in [5.41, 5.74) is 0.167. The van der Waals surface area contributed by atoms with Crippen molar-refractivity contribution >= 4 is 23.5 Å². The summed E-state index contributed by atoms with van der Waals surface area (Å²) in [6.45, 7) is 5.56. The topological polar surface area (TPSA) is 118 Å². The number of esters is 1. The number of fused-ring (bicyclic) bond motifs is 5. The van der Waals surface area contributed by atoms with Crippen LogP contribution in [0.3, 0.4) is 0 Å². The zero-order valence-corrected chi connectivity index (χ0v) is 19.7. The van der Waals surface area contributed by atoms with Gasteiger partial charge in [-0.1, -0.05) is 38.0 Å². The molecular weight excluding hydrogens is 424 g/mol. The zero-order chi connectivity index (χ0) is 24.2. The molecule has 6 atom stereocenters. The fourth-order valence-corrected chi connectivity index (χ4v) is 7.33. The van der Waals surface area contributed by atoms with Crippen LogP contribution in [0.4, 0.5) is 0 Å². The van der Waals surface area contributed by atoms with E-state index in [-0.39, 0.29) is 41.8 Å². The van der Waals surface area contributed by atoms with E-state index < -0.39 is 35.3 Å². The maximum atomic E-state index is 13.3. The van der Waals surface area contributed by atoms with Crippen molar-refractivity contribution in [2.24, 2.45) is 28.6 Å². The molecule has 0 aromatic carbocycles. The van der Waals surface area contributed by atoms with Gasteiger partial charge in [-0.25, -0.2) is 0 Å². The van der Waals surface area contributed by atoms with E-state index in [1.807, 2.05) is 19.9 Å². The SMILES string of the molecule is C[C@H]1CC2C3CCC4=CC(=O)CC[C@]4(C)C3=CC[C@]2(C)[C@@]1(O)C(=O)COC(=O)CCC(=O)O. The first kappa shape index (κ1) is 23.9. The lowest BCUT2D eigenvalue weighted by atomic mass is 9.50. The van der Waals surface area contributed by atoms with E-state index >= 15 is 0 Å². The number of hydrogen-bond donors (Lipinski definition) is 2. The second-order valence-electron chi connectivity index (χ2n) is 10.9. The molecule has 0 radical (unpaired) electrons. The van der Waals surface area contributed by atoms with Crippen LogP contribution < -0.4 is 0 Å². The van der Waals surface area contributed by atoms with Gasteiger partial charge in [0.2, 0.25) is 5.78 Å². The first-order valence-corrected chi connectivity index (χ1v) is 12.0. The molecule has 0 heterocycles. The van der Waals surface area contributed by atoms with Crippen molar-refractivity contribution in [1.82, 2.24) is 0 Å². The predicted molar refractivity (Wildman–Crippen MR) is 119 cm³/mol. The second-order valence-corrected chi connectivity index (χ2v) is 10.9. The molecule has 7 nitrogen and oxygen atoms in total. The summed E-state index contributed by atoms with van der Waals surface area (Å²) >= 11 is 0. The molecule has 4 aliphatic rings. The van der Waals surface area contributed by atoms with Gasteiger partial charge in [0.05, 0.1) is 12.8 Å². The van der Waals surface area contributed by atoms with Gasteiger partial charge in [0, 0.05) is 17.3 Å². The Balaban J connectivity index is 1.57. The van der Waals surface area contributed by atoms with Crippen LogP contribution in [0.15, 0.2) is 23.3 Å². The molecular formula is C26H34O7. The minimum Gasteiger partial charge on any atom is -0.481 e. The molecule has 2 saturated carbocycles. The Morgan fingerprint density at radius 1 is 1.18 bits per heavy atom. The molecule has 4 aliphatic carbocycles. The fraction of sp³-hybridized carbons (Fsp3) is 0.692. The number of rotatable bonds is 6. The smallest absolute Gasteiger partial charge is 0.306 e. The number of carbonyl (C=O) groups is 4. The zero-order valence-electron chi connectivity index (χ0n) is 19.7. The van der Waals surface area contributed by atoms with Crippen molar-refractivity contribution in [1.29, 1.82) is 0 Å². The van der Waals surface area contributed by atoms with E-state index in [1.54, 1.807) is 0 Å². The van der Waals surface area contributed by atoms with Gasteiger partial charge in [0.1, 0.15) is 5.60 Å². The molecule has 33 heavy (non-hydrogen) atoms. The predicted octanol–water partition coefficient (Wildman–Crippen LogP) is 3.39. The van der Waals surface area contributed by atoms with Crippen molar-refractivity contribution < 1.29 is 34.1 Å². The summed E-state index contributed by atoms with van der Waals surface area (Å²) in [4.78, 5) is 47.7. The third-order valence-corrected chi connectivity index (χ3v) is 9.25. The lowest BCUT2D eigenvalue weighted by molar-refractivity contribution is -0.168. The molecule has 180 valence electrons. The lowest BCUT2D eigenvalue weighted by Gasteiger charge is -2.54. The molecule has 0 aromatic rings. The summed E-state index contributed by atoms with van der Waals surface area (Å²) in [5, 5.41) is 20.5. The summed E-state index contributed by atoms with van der Waals surface area (Å²) < 4.78 is 5.04. The van der Waals surface area contributed by atoms with Crippen molar-refractivity contribution in [3.05, 3.63) is 23.3 Å². The molecule has 2 fully saturated rings. The minimum atomic E-state index is -1.62. The maximum absolute atomic E-state index is 13.3. The van der Waals surface area contributed by atoms with Crippen LogP contribution in [0.1, 0.15) is 72.1 Å². The highest BCUT2D eigenvalue weighted by atomic mass is 16.5. The Morgan fingerprint density at radius 3 is 2.61 bits per heavy atom. The first-order valence-electron chi connectivity index (χ1n) is 12.0. The van der Waals surface area contributed by atoms with Crippen molar-refractivity contribution in [2.45, 2.75) is 77.7 Å². The van der Waals surface area contributed by atoms with Crippen LogP contribution in [0.2, 0.25) is 0 Å². The van der Waals surface area contributed by atoms with Gasteiger partial charge in [0.15, 0.2) is 12.4 Å². The third-order valence-electron chi connectivity index (χ3n) is 9.25. The number of Topliss-reactive ketones (excluding diaryl/α,β-unsaturated/α-hetero) is 1. The maximum Gasteiger partial charge on any atom is 0.306 e. The van der Waals surface area contributed by atoms with E-state index in [2.05, 4.69) is 13.0 Å². The van der Waals surface area contributed by atoms with Crippen LogP contribution in [-0.4, -0.2) is 45.9 Å². The Bertz CT molecular complexity index is 962. The average Bonchev–Trinajstić information content (AvgIpc) is 2.98. The number of hydrogen-bond acceptors (Lipinski definition) is 6. The van der Waals surface area contributed by atoms with E-state index in [0.29, 0.717) is 19.3 Å². The second kappa shape index (κ2) is 8.19. The summed E-state index contributed by atoms with van der Waals surface area (Å²) in [6, 6.07) is 0. The van der Waals surface area contributed by atoms with Crippen LogP contribution in [0.25, 0.3) is 0 Å². The molecule has 0 amide bonds. The summed E-state index contributed by atoms with van der Waals surface area (Å²) in [6.07, 6.45) is 7.78. The normalized spacial score (nSPS) is 39.5. The van der Waals surface area contributed by atoms with Crippen LogP contribution in [-0.2, 0) is 23.9 Å². The number of aliphatic hydroxyl groups is 1. The molecule has 4 rings (SSSR count). The van der Waals surface area contributed by atoms with Crippen molar-refractivity contribution in [3.8, 4) is 0 Å². The van der Waals surface area contributed by atoms with E-state index in [1.165, 1.54) is 11.1 Å². The number of aliphatic carboxylic acids is 1. The van der Waals surface area contributed by atoms with Gasteiger partial charge >= 0.3 is 11.9 Å². The highest BCUT2D eigenvalue weighted by Gasteiger charge is 2.67. The molecule has 2 unspecified atom stereocenters. The molecule has 0 aliphatic heterocycles. The van der Waals surface area contributed by atoms with Crippen molar-refractivity contribution in [2.75, 3.05) is 6.61 Å². The molecule has 0 saturated heterocycles. The summed E-state index contributed by atoms with van der Waals surface area (Å²) in [5.74, 6) is -2.08. The molecule has 0 bridgehead atoms. The molecule has 0 spiro atoms. The quantitative estimate of drug-likeness (QED) is 0.463. The number of carboxylic acid groups (broad SMARTS) is 1. The van der Waals surface area contributed by atoms with Crippen LogP contribution >= 0.6 is 0 Å². The van der Waals surface area contributed by atoms with Gasteiger partial charge in [-0.2, -0.15) is 0 Å². The third kappa shape index (κ3) is 3.59. The highest BCUT2D eigenvalue weighted by molar-refractivity contribution is 5.92. The standard InChI is InChI=1S/C26H34O7/c1-15-12-20-18-5-4-16-13-17(27)8-10-24(16,2)19(18)9-11-25(20,3)26(15,32)21(28)14-33-23(31)7-6-22(29)30/h9,13,15,18,20,32H,4-8,10-12,14H2,1-3H3,(H,29,30)/t15-,18?,20?,24-,25-,26-/m0/s1. The highest BCUT2D eigenvalue weighted by Crippen LogP contribution is 2.66. The molecule has 0 aromatic heterocycles. The Morgan fingerprint density at radius 2 is 1.91 bits per heavy atom. The Kier molecular flexibility index (Phi) is 5.92. The van der Waals surface area contributed by atoms with E-state index in [4.69, 9.17) is 9.84 Å². The summed E-state index contributed by atoms with van der Waals surface area (Å²) in [7, 11) is 0. The van der Waals surface area contributed by atoms with E-state index in [0.717, 1.165) is 19.3 Å².